The van der Waals surface area contributed by atoms with E-state index in [1.54, 1.807) is 12.3 Å². The molecule has 0 fully saturated rings. The van der Waals surface area contributed by atoms with Gasteiger partial charge < -0.3 is 4.98 Å². The lowest BCUT2D eigenvalue weighted by molar-refractivity contribution is -0.386. The number of benzene rings is 1. The zero-order chi connectivity index (χ0) is 15.7. The quantitative estimate of drug-likeness (QED) is 0.658. The van der Waals surface area contributed by atoms with Crippen LogP contribution < -0.4 is 11.2 Å². The standard InChI is InChI=1S/C14H10N4O4/c19-13-12(18(21)22)11(16-14(20)17-13)6-5-8-7-15-10-4-2-1-3-9(8)10/h1-8H,(H2,16,17,19,20)/b6-5+. The van der Waals surface area contributed by atoms with E-state index in [2.05, 4.69) is 9.98 Å². The van der Waals surface area contributed by atoms with Crippen molar-refractivity contribution in [1.29, 1.82) is 0 Å². The smallest absolute Gasteiger partial charge is 0.301 e. The number of H-pyrrole nitrogens is 2. The van der Waals surface area contributed by atoms with Crippen molar-refractivity contribution in [1.82, 2.24) is 9.97 Å². The molecule has 0 saturated heterocycles. The molecule has 1 aliphatic rings. The van der Waals surface area contributed by atoms with E-state index in [1.807, 2.05) is 29.2 Å². The fraction of sp³-hybridized carbons (Fsp3) is 0.0714. The van der Waals surface area contributed by atoms with Gasteiger partial charge in [-0.05, 0) is 17.7 Å². The van der Waals surface area contributed by atoms with E-state index in [0.29, 0.717) is 0 Å². The Bertz CT molecular complexity index is 923. The molecule has 8 nitrogen and oxygen atoms in total. The molecule has 2 heterocycles. The van der Waals surface area contributed by atoms with Crippen LogP contribution in [0, 0.1) is 10.1 Å². The summed E-state index contributed by atoms with van der Waals surface area (Å²) in [6.45, 7) is 0. The van der Waals surface area contributed by atoms with Gasteiger partial charge in [0.15, 0.2) is 0 Å². The maximum Gasteiger partial charge on any atom is 0.357 e. The highest BCUT2D eigenvalue weighted by Crippen LogP contribution is 2.32. The highest BCUT2D eigenvalue weighted by molar-refractivity contribution is 5.83. The van der Waals surface area contributed by atoms with E-state index in [0.717, 1.165) is 11.3 Å². The van der Waals surface area contributed by atoms with E-state index in [4.69, 9.17) is 0 Å². The molecule has 0 saturated carbocycles. The van der Waals surface area contributed by atoms with Crippen molar-refractivity contribution in [2.45, 2.75) is 5.92 Å². The largest absolute Gasteiger partial charge is 0.357 e. The molecule has 110 valence electrons. The van der Waals surface area contributed by atoms with Crippen LogP contribution in [0.2, 0.25) is 0 Å². The molecule has 0 spiro atoms. The summed E-state index contributed by atoms with van der Waals surface area (Å²) in [4.78, 5) is 41.3. The van der Waals surface area contributed by atoms with Gasteiger partial charge in [-0.2, -0.15) is 0 Å². The Morgan fingerprint density at radius 3 is 2.77 bits per heavy atom. The summed E-state index contributed by atoms with van der Waals surface area (Å²) in [7, 11) is 0. The van der Waals surface area contributed by atoms with Crippen LogP contribution in [-0.4, -0.2) is 21.1 Å². The summed E-state index contributed by atoms with van der Waals surface area (Å²) < 4.78 is 0. The lowest BCUT2D eigenvalue weighted by Crippen LogP contribution is -2.25. The molecular formula is C14H10N4O4. The first-order valence-corrected chi connectivity index (χ1v) is 6.38. The Kier molecular flexibility index (Phi) is 3.26. The summed E-state index contributed by atoms with van der Waals surface area (Å²) in [5, 5.41) is 11.0. The fourth-order valence-corrected chi connectivity index (χ4v) is 2.28. The van der Waals surface area contributed by atoms with Crippen molar-refractivity contribution in [3.05, 3.63) is 72.6 Å². The lowest BCUT2D eigenvalue weighted by Gasteiger charge is -2.03. The monoisotopic (exact) mass is 298 g/mol. The first-order chi connectivity index (χ1) is 10.6. The molecule has 1 aliphatic heterocycles. The second-order valence-electron chi connectivity index (χ2n) is 4.65. The van der Waals surface area contributed by atoms with Gasteiger partial charge in [0, 0.05) is 12.1 Å². The number of fused-ring (bicyclic) bond motifs is 1. The number of allylic oxidation sites excluding steroid dienone is 1. The van der Waals surface area contributed by atoms with Crippen LogP contribution in [-0.2, 0) is 0 Å². The van der Waals surface area contributed by atoms with Gasteiger partial charge in [0.2, 0.25) is 0 Å². The second-order valence-corrected chi connectivity index (χ2v) is 4.65. The number of para-hydroxylation sites is 1. The fourth-order valence-electron chi connectivity index (χ4n) is 2.28. The summed E-state index contributed by atoms with van der Waals surface area (Å²) >= 11 is 0. The lowest BCUT2D eigenvalue weighted by atomic mass is 10.0. The maximum absolute atomic E-state index is 11.5. The molecule has 8 heteroatoms. The third-order valence-corrected chi connectivity index (χ3v) is 3.27. The Morgan fingerprint density at radius 1 is 1.23 bits per heavy atom. The average molecular weight is 298 g/mol. The van der Waals surface area contributed by atoms with Crippen LogP contribution in [0.25, 0.3) is 6.08 Å². The van der Waals surface area contributed by atoms with E-state index in [9.17, 15) is 19.7 Å². The van der Waals surface area contributed by atoms with Gasteiger partial charge in [-0.15, -0.1) is 0 Å². The molecule has 2 N–H and O–H groups in total. The third kappa shape index (κ3) is 2.37. The van der Waals surface area contributed by atoms with Gasteiger partial charge in [0.1, 0.15) is 5.69 Å². The Labute approximate surface area is 123 Å². The zero-order valence-corrected chi connectivity index (χ0v) is 11.1. The molecule has 1 aromatic heterocycles. The summed E-state index contributed by atoms with van der Waals surface area (Å²) in [6.07, 6.45) is 4.69. The molecule has 1 atom stereocenters. The first kappa shape index (κ1) is 13.7. The van der Waals surface area contributed by atoms with Crippen LogP contribution in [0.15, 0.2) is 44.9 Å². The summed E-state index contributed by atoms with van der Waals surface area (Å²) in [5.74, 6) is -0.168. The number of rotatable bonds is 3. The molecule has 1 unspecified atom stereocenters. The van der Waals surface area contributed by atoms with Gasteiger partial charge in [-0.3, -0.25) is 24.9 Å². The third-order valence-electron chi connectivity index (χ3n) is 3.27. The normalized spacial score (nSPS) is 16.1. The number of nitrogens with one attached hydrogen (secondary N) is 2. The van der Waals surface area contributed by atoms with Crippen LogP contribution in [0.1, 0.15) is 17.2 Å². The molecule has 0 radical (unpaired) electrons. The molecule has 2 aromatic rings. The molecule has 0 bridgehead atoms. The van der Waals surface area contributed by atoms with Crippen molar-refractivity contribution in [3.63, 3.8) is 0 Å². The number of aliphatic imine (C=N–C) groups is 1. The van der Waals surface area contributed by atoms with Gasteiger partial charge in [-0.1, -0.05) is 24.3 Å². The molecule has 3 rings (SSSR count). The van der Waals surface area contributed by atoms with Crippen LogP contribution in [0.4, 0.5) is 11.4 Å². The minimum absolute atomic E-state index is 0.142. The van der Waals surface area contributed by atoms with Gasteiger partial charge in [0.25, 0.3) is 0 Å². The highest BCUT2D eigenvalue weighted by atomic mass is 16.6. The topological polar surface area (TPSA) is 121 Å². The van der Waals surface area contributed by atoms with E-state index in [-0.39, 0.29) is 11.6 Å². The van der Waals surface area contributed by atoms with E-state index in [1.165, 1.54) is 6.08 Å². The Hall–Kier alpha value is -3.29. The van der Waals surface area contributed by atoms with E-state index >= 15 is 0 Å². The van der Waals surface area contributed by atoms with Crippen molar-refractivity contribution in [2.75, 3.05) is 0 Å². The number of nitro groups is 1. The van der Waals surface area contributed by atoms with Gasteiger partial charge in [0.05, 0.1) is 10.6 Å². The van der Waals surface area contributed by atoms with Gasteiger partial charge in [-0.25, -0.2) is 4.79 Å². The maximum atomic E-state index is 11.5. The molecule has 0 amide bonds. The number of nitrogens with zero attached hydrogens (tertiary/aromatic N) is 2. The predicted octanol–water partition coefficient (Wildman–Crippen LogP) is 1.48. The van der Waals surface area contributed by atoms with E-state index < -0.39 is 21.9 Å². The molecule has 0 aliphatic carbocycles. The molecule has 1 aromatic carbocycles. The van der Waals surface area contributed by atoms with Crippen molar-refractivity contribution in [3.8, 4) is 0 Å². The van der Waals surface area contributed by atoms with Crippen molar-refractivity contribution < 1.29 is 4.92 Å². The zero-order valence-electron chi connectivity index (χ0n) is 11.1. The van der Waals surface area contributed by atoms with Crippen LogP contribution in [0.5, 0.6) is 0 Å². The minimum Gasteiger partial charge on any atom is -0.301 e. The number of aromatic nitrogens is 2. The predicted molar refractivity (Wildman–Crippen MR) is 80.7 cm³/mol. The minimum atomic E-state index is -1.03. The first-order valence-electron chi connectivity index (χ1n) is 6.38. The summed E-state index contributed by atoms with van der Waals surface area (Å²) in [5.41, 5.74) is -0.889. The number of hydrogen-bond acceptors (Lipinski definition) is 5. The Morgan fingerprint density at radius 2 is 2.00 bits per heavy atom. The highest BCUT2D eigenvalue weighted by Gasteiger charge is 2.20. The van der Waals surface area contributed by atoms with Crippen molar-refractivity contribution >= 4 is 23.7 Å². The van der Waals surface area contributed by atoms with Crippen LogP contribution in [0.3, 0.4) is 0 Å². The average Bonchev–Trinajstić information content (AvgIpc) is 2.87. The Balaban J connectivity index is 2.01. The second kappa shape index (κ2) is 5.24. The number of hydrogen-bond donors (Lipinski definition) is 2. The van der Waals surface area contributed by atoms with Crippen LogP contribution >= 0.6 is 0 Å². The molecule has 22 heavy (non-hydrogen) atoms. The number of aromatic amines is 2. The summed E-state index contributed by atoms with van der Waals surface area (Å²) in [6, 6.07) is 7.48. The molecular weight excluding hydrogens is 288 g/mol. The van der Waals surface area contributed by atoms with Crippen molar-refractivity contribution in [2.24, 2.45) is 4.99 Å². The SMILES string of the molecule is O=c1[nH]c(/C=C/C2C=Nc3ccccc32)c([N+](=O)[O-])c(=O)[nH]1. The van der Waals surface area contributed by atoms with Gasteiger partial charge >= 0.3 is 16.9 Å².